The van der Waals surface area contributed by atoms with Crippen molar-refractivity contribution in [1.29, 1.82) is 0 Å². The lowest BCUT2D eigenvalue weighted by Crippen LogP contribution is -2.41. The molecule has 0 aliphatic heterocycles. The molecule has 0 rings (SSSR count). The number of carbonyl (C=O) groups excluding carboxylic acids is 1. The highest BCUT2D eigenvalue weighted by molar-refractivity contribution is 5.77. The molecule has 0 fully saturated rings. The van der Waals surface area contributed by atoms with Crippen LogP contribution in [0, 0.1) is 5.41 Å². The summed E-state index contributed by atoms with van der Waals surface area (Å²) in [7, 11) is 1.58. The van der Waals surface area contributed by atoms with Gasteiger partial charge in [0.05, 0.1) is 12.0 Å². The zero-order chi connectivity index (χ0) is 13.7. The SMILES string of the molecule is COC(C)(C)CNC(=O)CC(C)(C)CC(=O)O. The highest BCUT2D eigenvalue weighted by atomic mass is 16.5. The molecule has 5 nitrogen and oxygen atoms in total. The molecule has 100 valence electrons. The van der Waals surface area contributed by atoms with Crippen molar-refractivity contribution >= 4 is 11.9 Å². The van der Waals surface area contributed by atoms with Gasteiger partial charge in [0.1, 0.15) is 0 Å². The highest BCUT2D eigenvalue weighted by Gasteiger charge is 2.26. The maximum Gasteiger partial charge on any atom is 0.303 e. The van der Waals surface area contributed by atoms with E-state index in [0.29, 0.717) is 6.54 Å². The Balaban J connectivity index is 4.14. The predicted molar refractivity (Wildman–Crippen MR) is 64.7 cm³/mol. The first-order chi connectivity index (χ1) is 7.58. The number of carboxylic acid groups (broad SMARTS) is 1. The molecule has 0 spiro atoms. The molecule has 0 unspecified atom stereocenters. The van der Waals surface area contributed by atoms with Gasteiger partial charge in [0.15, 0.2) is 0 Å². The van der Waals surface area contributed by atoms with Crippen LogP contribution in [0.4, 0.5) is 0 Å². The van der Waals surface area contributed by atoms with Crippen LogP contribution in [-0.2, 0) is 14.3 Å². The lowest BCUT2D eigenvalue weighted by molar-refractivity contribution is -0.139. The van der Waals surface area contributed by atoms with Gasteiger partial charge in [0, 0.05) is 20.1 Å². The van der Waals surface area contributed by atoms with Gasteiger partial charge in [0.25, 0.3) is 0 Å². The summed E-state index contributed by atoms with van der Waals surface area (Å²) in [5.74, 6) is -1.04. The summed E-state index contributed by atoms with van der Waals surface area (Å²) in [5, 5.41) is 11.5. The van der Waals surface area contributed by atoms with Gasteiger partial charge >= 0.3 is 5.97 Å². The Morgan fingerprint density at radius 1 is 1.18 bits per heavy atom. The van der Waals surface area contributed by atoms with E-state index >= 15 is 0 Å². The molecule has 0 bridgehead atoms. The lowest BCUT2D eigenvalue weighted by atomic mass is 9.85. The molecule has 2 N–H and O–H groups in total. The van der Waals surface area contributed by atoms with E-state index in [2.05, 4.69) is 5.32 Å². The van der Waals surface area contributed by atoms with E-state index in [-0.39, 0.29) is 18.7 Å². The smallest absolute Gasteiger partial charge is 0.303 e. The third-order valence-corrected chi connectivity index (χ3v) is 2.53. The van der Waals surface area contributed by atoms with Gasteiger partial charge in [-0.1, -0.05) is 13.8 Å². The van der Waals surface area contributed by atoms with Crippen molar-refractivity contribution in [3.05, 3.63) is 0 Å². The fourth-order valence-corrected chi connectivity index (χ4v) is 1.35. The van der Waals surface area contributed by atoms with Crippen molar-refractivity contribution in [3.8, 4) is 0 Å². The Labute approximate surface area is 103 Å². The van der Waals surface area contributed by atoms with E-state index in [1.54, 1.807) is 21.0 Å². The number of nitrogens with one attached hydrogen (secondary N) is 1. The van der Waals surface area contributed by atoms with E-state index in [4.69, 9.17) is 9.84 Å². The van der Waals surface area contributed by atoms with Crippen LogP contribution in [0.25, 0.3) is 0 Å². The summed E-state index contributed by atoms with van der Waals surface area (Å²) < 4.78 is 5.17. The Hall–Kier alpha value is -1.10. The van der Waals surface area contributed by atoms with Crippen molar-refractivity contribution in [2.24, 2.45) is 5.41 Å². The lowest BCUT2D eigenvalue weighted by Gasteiger charge is -2.25. The molecule has 0 aromatic carbocycles. The van der Waals surface area contributed by atoms with Gasteiger partial charge in [-0.25, -0.2) is 0 Å². The minimum atomic E-state index is -0.889. The predicted octanol–water partition coefficient (Wildman–Crippen LogP) is 1.42. The standard InChI is InChI=1S/C12H23NO4/c1-11(2,7-10(15)16)6-9(14)13-8-12(3,4)17-5/h6-8H2,1-5H3,(H,13,14)(H,15,16). The van der Waals surface area contributed by atoms with Gasteiger partial charge in [-0.2, -0.15) is 0 Å². The maximum atomic E-state index is 11.6. The van der Waals surface area contributed by atoms with E-state index in [0.717, 1.165) is 0 Å². The van der Waals surface area contributed by atoms with Gasteiger partial charge < -0.3 is 15.2 Å². The molecular formula is C12H23NO4. The van der Waals surface area contributed by atoms with Crippen LogP contribution in [-0.4, -0.2) is 36.2 Å². The average molecular weight is 245 g/mol. The number of hydrogen-bond donors (Lipinski definition) is 2. The van der Waals surface area contributed by atoms with Crippen molar-refractivity contribution < 1.29 is 19.4 Å². The number of rotatable bonds is 7. The van der Waals surface area contributed by atoms with Crippen LogP contribution in [0.3, 0.4) is 0 Å². The summed E-state index contributed by atoms with van der Waals surface area (Å²) in [6.07, 6.45) is 0.174. The van der Waals surface area contributed by atoms with Crippen LogP contribution in [0.2, 0.25) is 0 Å². The molecule has 17 heavy (non-hydrogen) atoms. The molecule has 0 aromatic rings. The van der Waals surface area contributed by atoms with E-state index < -0.39 is 17.0 Å². The fourth-order valence-electron chi connectivity index (χ4n) is 1.35. The normalized spacial score (nSPS) is 12.3. The first kappa shape index (κ1) is 15.9. The number of aliphatic carboxylic acids is 1. The highest BCUT2D eigenvalue weighted by Crippen LogP contribution is 2.24. The van der Waals surface area contributed by atoms with E-state index in [1.807, 2.05) is 13.8 Å². The van der Waals surface area contributed by atoms with E-state index in [1.165, 1.54) is 0 Å². The minimum absolute atomic E-state index is 0.0198. The molecule has 1 amide bonds. The van der Waals surface area contributed by atoms with Gasteiger partial charge in [-0.3, -0.25) is 9.59 Å². The summed E-state index contributed by atoms with van der Waals surface area (Å²) in [6.45, 7) is 7.68. The molecule has 0 heterocycles. The number of hydrogen-bond acceptors (Lipinski definition) is 3. The molecule has 0 aromatic heterocycles. The van der Waals surface area contributed by atoms with Gasteiger partial charge in [-0.15, -0.1) is 0 Å². The van der Waals surface area contributed by atoms with Crippen LogP contribution in [0.15, 0.2) is 0 Å². The quantitative estimate of drug-likeness (QED) is 0.711. The molecule has 0 aliphatic carbocycles. The third-order valence-electron chi connectivity index (χ3n) is 2.53. The second-order valence-electron chi connectivity index (χ2n) is 5.65. The maximum absolute atomic E-state index is 11.6. The largest absolute Gasteiger partial charge is 0.481 e. The number of amides is 1. The van der Waals surface area contributed by atoms with Crippen LogP contribution >= 0.6 is 0 Å². The fraction of sp³-hybridized carbons (Fsp3) is 0.833. The van der Waals surface area contributed by atoms with Gasteiger partial charge in [-0.05, 0) is 19.3 Å². The number of ether oxygens (including phenoxy) is 1. The Morgan fingerprint density at radius 3 is 2.12 bits per heavy atom. The summed E-state index contributed by atoms with van der Waals surface area (Å²) in [4.78, 5) is 22.3. The number of carbonyl (C=O) groups is 2. The topological polar surface area (TPSA) is 75.6 Å². The second kappa shape index (κ2) is 6.00. The van der Waals surface area contributed by atoms with Crippen molar-refractivity contribution in [2.75, 3.05) is 13.7 Å². The summed E-state index contributed by atoms with van der Waals surface area (Å²) in [5.41, 5.74) is -0.945. The van der Waals surface area contributed by atoms with Gasteiger partial charge in [0.2, 0.25) is 5.91 Å². The monoisotopic (exact) mass is 245 g/mol. The molecule has 0 aliphatic rings. The first-order valence-electron chi connectivity index (χ1n) is 5.62. The van der Waals surface area contributed by atoms with Crippen molar-refractivity contribution in [3.63, 3.8) is 0 Å². The van der Waals surface area contributed by atoms with Crippen LogP contribution in [0.5, 0.6) is 0 Å². The van der Waals surface area contributed by atoms with Crippen molar-refractivity contribution in [2.45, 2.75) is 46.1 Å². The molecule has 0 radical (unpaired) electrons. The van der Waals surface area contributed by atoms with Crippen molar-refractivity contribution in [1.82, 2.24) is 5.32 Å². The van der Waals surface area contributed by atoms with Crippen LogP contribution < -0.4 is 5.32 Å². The molecule has 0 saturated heterocycles. The summed E-state index contributed by atoms with van der Waals surface area (Å²) >= 11 is 0. The zero-order valence-electron chi connectivity index (χ0n) is 11.3. The summed E-state index contributed by atoms with van der Waals surface area (Å²) in [6, 6.07) is 0. The molecule has 0 saturated carbocycles. The Morgan fingerprint density at radius 2 is 1.71 bits per heavy atom. The zero-order valence-corrected chi connectivity index (χ0v) is 11.3. The molecule has 5 heteroatoms. The average Bonchev–Trinajstić information content (AvgIpc) is 2.12. The third kappa shape index (κ3) is 7.74. The number of methoxy groups -OCH3 is 1. The van der Waals surface area contributed by atoms with Crippen LogP contribution in [0.1, 0.15) is 40.5 Å². The number of carboxylic acids is 1. The second-order valence-corrected chi connectivity index (χ2v) is 5.65. The van der Waals surface area contributed by atoms with E-state index in [9.17, 15) is 9.59 Å². The minimum Gasteiger partial charge on any atom is -0.481 e. The Bertz CT molecular complexity index is 284. The molecule has 0 atom stereocenters. The molecular weight excluding hydrogens is 222 g/mol. The first-order valence-corrected chi connectivity index (χ1v) is 5.62. The Kier molecular flexibility index (Phi) is 5.61.